The number of anilines is 1. The van der Waals surface area contributed by atoms with Gasteiger partial charge in [-0.15, -0.1) is 0 Å². The molecular formula is C20H19N5O7S. The third-order valence-corrected chi connectivity index (χ3v) is 6.33. The maximum Gasteiger partial charge on any atom is 0.350 e. The van der Waals surface area contributed by atoms with Gasteiger partial charge in [-0.05, 0) is 23.9 Å². The van der Waals surface area contributed by atoms with E-state index in [-0.39, 0.29) is 27.0 Å². The average molecular weight is 473 g/mol. The highest BCUT2D eigenvalue weighted by atomic mass is 32.2. The molecule has 4 aromatic rings. The van der Waals surface area contributed by atoms with Crippen molar-refractivity contribution in [1.29, 1.82) is 0 Å². The predicted molar refractivity (Wildman–Crippen MR) is 116 cm³/mol. The lowest BCUT2D eigenvalue weighted by Gasteiger charge is -2.19. The summed E-state index contributed by atoms with van der Waals surface area (Å²) < 4.78 is 17.8. The Bertz CT molecular complexity index is 1410. The molecule has 0 spiro atoms. The van der Waals surface area contributed by atoms with Crippen LogP contribution in [-0.2, 0) is 4.74 Å². The van der Waals surface area contributed by atoms with Crippen molar-refractivity contribution in [3.05, 3.63) is 41.0 Å². The van der Waals surface area contributed by atoms with Crippen LogP contribution in [0.1, 0.15) is 6.23 Å². The Labute approximate surface area is 189 Å². The van der Waals surface area contributed by atoms with Gasteiger partial charge in [0.25, 0.3) is 0 Å². The molecule has 1 saturated heterocycles. The molecule has 172 valence electrons. The van der Waals surface area contributed by atoms with Crippen LogP contribution >= 0.6 is 11.8 Å². The standard InChI is InChI=1S/C20H19N5O7S/c1-30-9-4-2-3-8-5-11(19(29)32-15(8)9)33-20-24-12-16(21)22-7-23-17(12)25(20)18-14(28)13(27)10(6-26)31-18/h2-5,7,10,13-14,18,26-28H,6H2,1H3,(H2,21,22,23)/t10-,13-,14?,18-/m1/s1. The van der Waals surface area contributed by atoms with Crippen molar-refractivity contribution in [3.8, 4) is 5.75 Å². The first-order valence-corrected chi connectivity index (χ1v) is 10.6. The van der Waals surface area contributed by atoms with Crippen molar-refractivity contribution in [2.75, 3.05) is 19.5 Å². The number of fused-ring (bicyclic) bond motifs is 2. The second-order valence-corrected chi connectivity index (χ2v) is 8.31. The highest BCUT2D eigenvalue weighted by Gasteiger charge is 2.45. The maximum atomic E-state index is 12.7. The van der Waals surface area contributed by atoms with Gasteiger partial charge in [-0.1, -0.05) is 12.1 Å². The Kier molecular flexibility index (Phi) is 5.42. The number of nitrogens with zero attached hydrogens (tertiary/aromatic N) is 4. The van der Waals surface area contributed by atoms with Gasteiger partial charge in [-0.3, -0.25) is 4.57 Å². The number of rotatable bonds is 5. The number of imidazole rings is 1. The Hall–Kier alpha value is -3.23. The number of hydrogen-bond donors (Lipinski definition) is 4. The van der Waals surface area contributed by atoms with Crippen LogP contribution in [0.5, 0.6) is 5.75 Å². The van der Waals surface area contributed by atoms with E-state index in [0.29, 0.717) is 16.7 Å². The first kappa shape index (κ1) is 21.6. The zero-order valence-corrected chi connectivity index (χ0v) is 18.0. The number of benzene rings is 1. The normalized spacial score (nSPS) is 22.9. The molecule has 0 saturated carbocycles. The molecular weight excluding hydrogens is 454 g/mol. The van der Waals surface area contributed by atoms with Gasteiger partial charge in [0.05, 0.1) is 13.7 Å². The molecule has 33 heavy (non-hydrogen) atoms. The lowest BCUT2D eigenvalue weighted by molar-refractivity contribution is -0.0548. The minimum Gasteiger partial charge on any atom is -0.493 e. The van der Waals surface area contributed by atoms with Crippen LogP contribution in [0.3, 0.4) is 0 Å². The number of aromatic nitrogens is 4. The predicted octanol–water partition coefficient (Wildman–Crippen LogP) is 0.286. The molecule has 1 unspecified atom stereocenters. The topological polar surface area (TPSA) is 179 Å². The van der Waals surface area contributed by atoms with E-state index in [2.05, 4.69) is 15.0 Å². The molecule has 3 aromatic heterocycles. The average Bonchev–Trinajstić information content (AvgIpc) is 3.31. The summed E-state index contributed by atoms with van der Waals surface area (Å²) in [6, 6.07) is 6.84. The molecule has 12 nitrogen and oxygen atoms in total. The number of nitrogens with two attached hydrogens (primary N) is 1. The molecule has 0 bridgehead atoms. The number of para-hydroxylation sites is 1. The van der Waals surface area contributed by atoms with Crippen molar-refractivity contribution in [1.82, 2.24) is 19.5 Å². The molecule has 0 radical (unpaired) electrons. The Morgan fingerprint density at radius 2 is 2.09 bits per heavy atom. The number of aliphatic hydroxyl groups excluding tert-OH is 3. The van der Waals surface area contributed by atoms with Gasteiger partial charge in [0, 0.05) is 5.39 Å². The fourth-order valence-electron chi connectivity index (χ4n) is 3.73. The van der Waals surface area contributed by atoms with Crippen molar-refractivity contribution in [2.24, 2.45) is 0 Å². The highest BCUT2D eigenvalue weighted by molar-refractivity contribution is 7.99. The summed E-state index contributed by atoms with van der Waals surface area (Å²) in [5, 5.41) is 31.1. The third kappa shape index (κ3) is 3.50. The van der Waals surface area contributed by atoms with E-state index < -0.39 is 36.8 Å². The zero-order chi connectivity index (χ0) is 23.3. The zero-order valence-electron chi connectivity index (χ0n) is 17.2. The van der Waals surface area contributed by atoms with Crippen LogP contribution in [0.2, 0.25) is 0 Å². The van der Waals surface area contributed by atoms with E-state index in [1.54, 1.807) is 24.3 Å². The Morgan fingerprint density at radius 3 is 2.82 bits per heavy atom. The van der Waals surface area contributed by atoms with Crippen LogP contribution < -0.4 is 16.1 Å². The number of ether oxygens (including phenoxy) is 2. The molecule has 0 amide bonds. The second-order valence-electron chi connectivity index (χ2n) is 7.30. The summed E-state index contributed by atoms with van der Waals surface area (Å²) in [6.45, 7) is -0.503. The third-order valence-electron chi connectivity index (χ3n) is 5.36. The summed E-state index contributed by atoms with van der Waals surface area (Å²) >= 11 is 0.949. The minimum atomic E-state index is -1.40. The monoisotopic (exact) mass is 473 g/mol. The van der Waals surface area contributed by atoms with Gasteiger partial charge in [0.1, 0.15) is 29.5 Å². The lowest BCUT2D eigenvalue weighted by atomic mass is 10.1. The number of methoxy groups -OCH3 is 1. The summed E-state index contributed by atoms with van der Waals surface area (Å²) in [5.41, 5.74) is 6.09. The van der Waals surface area contributed by atoms with Gasteiger partial charge < -0.3 is 34.9 Å². The first-order valence-electron chi connectivity index (χ1n) is 9.82. The van der Waals surface area contributed by atoms with Crippen molar-refractivity contribution in [2.45, 2.75) is 34.6 Å². The fraction of sp³-hybridized carbons (Fsp3) is 0.300. The summed E-state index contributed by atoms with van der Waals surface area (Å²) in [4.78, 5) is 25.5. The molecule has 4 atom stereocenters. The van der Waals surface area contributed by atoms with Crippen LogP contribution in [0.25, 0.3) is 22.1 Å². The largest absolute Gasteiger partial charge is 0.493 e. The van der Waals surface area contributed by atoms with Gasteiger partial charge >= 0.3 is 5.63 Å². The van der Waals surface area contributed by atoms with Crippen LogP contribution in [-0.4, -0.2) is 66.9 Å². The fourth-order valence-corrected chi connectivity index (χ4v) is 4.66. The number of nitrogen functional groups attached to an aromatic ring is 1. The molecule has 1 fully saturated rings. The summed E-state index contributed by atoms with van der Waals surface area (Å²) in [7, 11) is 1.48. The molecule has 4 heterocycles. The van der Waals surface area contributed by atoms with E-state index in [9.17, 15) is 20.1 Å². The van der Waals surface area contributed by atoms with Crippen LogP contribution in [0, 0.1) is 0 Å². The van der Waals surface area contributed by atoms with Crippen LogP contribution in [0.4, 0.5) is 5.82 Å². The smallest absolute Gasteiger partial charge is 0.350 e. The van der Waals surface area contributed by atoms with E-state index in [4.69, 9.17) is 19.6 Å². The summed E-state index contributed by atoms with van der Waals surface area (Å²) in [5.74, 6) is 0.505. The van der Waals surface area contributed by atoms with E-state index in [1.807, 2.05) is 0 Å². The minimum absolute atomic E-state index is 0.0858. The number of aliphatic hydroxyl groups is 3. The van der Waals surface area contributed by atoms with Crippen molar-refractivity contribution < 1.29 is 29.2 Å². The summed E-state index contributed by atoms with van der Waals surface area (Å²) in [6.07, 6.45) is -3.67. The molecule has 5 N–H and O–H groups in total. The molecule has 1 aromatic carbocycles. The molecule has 13 heteroatoms. The lowest BCUT2D eigenvalue weighted by Crippen LogP contribution is -2.33. The quantitative estimate of drug-likeness (QED) is 0.291. The highest BCUT2D eigenvalue weighted by Crippen LogP contribution is 2.38. The Balaban J connectivity index is 1.65. The van der Waals surface area contributed by atoms with Gasteiger partial charge in [-0.25, -0.2) is 19.7 Å². The second kappa shape index (κ2) is 8.28. The van der Waals surface area contributed by atoms with Gasteiger partial charge in [0.2, 0.25) is 0 Å². The number of hydrogen-bond acceptors (Lipinski definition) is 12. The van der Waals surface area contributed by atoms with E-state index >= 15 is 0 Å². The SMILES string of the molecule is COc1cccc2cc(Sc3nc4c(N)ncnc4n3[C@@H]3O[C@H](CO)[C@@H](O)C3O)c(=O)oc12. The van der Waals surface area contributed by atoms with E-state index in [0.717, 1.165) is 11.8 Å². The molecule has 5 rings (SSSR count). The van der Waals surface area contributed by atoms with Gasteiger partial charge in [-0.2, -0.15) is 0 Å². The first-order chi connectivity index (χ1) is 15.9. The maximum absolute atomic E-state index is 12.7. The van der Waals surface area contributed by atoms with Crippen LogP contribution in [0.15, 0.2) is 49.9 Å². The van der Waals surface area contributed by atoms with Crippen molar-refractivity contribution in [3.63, 3.8) is 0 Å². The van der Waals surface area contributed by atoms with Gasteiger partial charge in [0.15, 0.2) is 39.7 Å². The Morgan fingerprint density at radius 1 is 1.27 bits per heavy atom. The van der Waals surface area contributed by atoms with E-state index in [1.165, 1.54) is 18.0 Å². The van der Waals surface area contributed by atoms with Crippen molar-refractivity contribution >= 4 is 39.7 Å². The molecule has 1 aliphatic heterocycles. The molecule has 1 aliphatic rings. The molecule has 0 aliphatic carbocycles.